The number of rotatable bonds is 7. The van der Waals surface area contributed by atoms with Gasteiger partial charge in [-0.1, -0.05) is 0 Å². The lowest BCUT2D eigenvalue weighted by atomic mass is 9.91. The number of hydrogen-bond donors (Lipinski definition) is 2. The van der Waals surface area contributed by atoms with Gasteiger partial charge in [0, 0.05) is 37.7 Å². The Morgan fingerprint density at radius 1 is 1.24 bits per heavy atom. The first kappa shape index (κ1) is 14.6. The summed E-state index contributed by atoms with van der Waals surface area (Å²) in [6, 6.07) is 0.585. The molecule has 3 rings (SSSR count). The second-order valence-corrected chi connectivity index (χ2v) is 6.26. The zero-order valence-corrected chi connectivity index (χ0v) is 13.1. The standard InChI is InChI=1S/C16H26N4O/c1-11-14(17-2)18-15(12-7-8-12)19-16(11)20(9-4-10-21)13-5-3-6-13/h12-13,21H,3-10H2,1-2H3,(H,17,18,19). The number of aliphatic hydroxyl groups excluding tert-OH is 1. The molecule has 2 fully saturated rings. The Labute approximate surface area is 126 Å². The molecule has 0 unspecified atom stereocenters. The number of hydrogen-bond acceptors (Lipinski definition) is 5. The molecule has 0 spiro atoms. The Morgan fingerprint density at radius 3 is 2.52 bits per heavy atom. The summed E-state index contributed by atoms with van der Waals surface area (Å²) in [7, 11) is 1.93. The van der Waals surface area contributed by atoms with Crippen molar-refractivity contribution in [2.24, 2.45) is 0 Å². The maximum absolute atomic E-state index is 9.19. The molecule has 2 saturated carbocycles. The van der Waals surface area contributed by atoms with E-state index < -0.39 is 0 Å². The number of aromatic nitrogens is 2. The van der Waals surface area contributed by atoms with E-state index in [0.29, 0.717) is 12.0 Å². The predicted octanol–water partition coefficient (Wildman–Crippen LogP) is 2.45. The van der Waals surface area contributed by atoms with Crippen LogP contribution in [-0.4, -0.2) is 41.3 Å². The Morgan fingerprint density at radius 2 is 2.00 bits per heavy atom. The first-order valence-electron chi connectivity index (χ1n) is 8.18. The predicted molar refractivity (Wildman–Crippen MR) is 85.0 cm³/mol. The van der Waals surface area contributed by atoms with Gasteiger partial charge in [-0.3, -0.25) is 0 Å². The van der Waals surface area contributed by atoms with Crippen molar-refractivity contribution < 1.29 is 5.11 Å². The van der Waals surface area contributed by atoms with Crippen LogP contribution in [0.5, 0.6) is 0 Å². The quantitative estimate of drug-likeness (QED) is 0.807. The molecule has 2 aliphatic carbocycles. The van der Waals surface area contributed by atoms with Crippen LogP contribution in [0.25, 0.3) is 0 Å². The van der Waals surface area contributed by atoms with Gasteiger partial charge in [0.25, 0.3) is 0 Å². The SMILES string of the molecule is CNc1nc(C2CC2)nc(N(CCCO)C2CCC2)c1C. The van der Waals surface area contributed by atoms with E-state index in [1.807, 2.05) is 7.05 Å². The molecule has 0 radical (unpaired) electrons. The van der Waals surface area contributed by atoms with Crippen LogP contribution in [-0.2, 0) is 0 Å². The van der Waals surface area contributed by atoms with Gasteiger partial charge in [0.15, 0.2) is 0 Å². The third-order valence-electron chi connectivity index (χ3n) is 4.66. The van der Waals surface area contributed by atoms with E-state index in [0.717, 1.165) is 36.0 Å². The van der Waals surface area contributed by atoms with Crippen LogP contribution in [0.4, 0.5) is 11.6 Å². The molecule has 0 saturated heterocycles. The van der Waals surface area contributed by atoms with Crippen molar-refractivity contribution in [1.82, 2.24) is 9.97 Å². The minimum Gasteiger partial charge on any atom is -0.396 e. The molecule has 5 nitrogen and oxygen atoms in total. The van der Waals surface area contributed by atoms with Crippen molar-refractivity contribution in [2.45, 2.75) is 57.4 Å². The van der Waals surface area contributed by atoms with Crippen molar-refractivity contribution in [2.75, 3.05) is 30.4 Å². The van der Waals surface area contributed by atoms with Crippen molar-refractivity contribution in [3.63, 3.8) is 0 Å². The average Bonchev–Trinajstić information content (AvgIpc) is 3.26. The highest BCUT2D eigenvalue weighted by Crippen LogP contribution is 2.41. The molecular weight excluding hydrogens is 264 g/mol. The lowest BCUT2D eigenvalue weighted by molar-refractivity contribution is 0.282. The molecule has 116 valence electrons. The largest absolute Gasteiger partial charge is 0.396 e. The molecule has 0 aliphatic heterocycles. The van der Waals surface area contributed by atoms with Gasteiger partial charge in [0.05, 0.1) is 0 Å². The lowest BCUT2D eigenvalue weighted by Gasteiger charge is -2.39. The van der Waals surface area contributed by atoms with E-state index in [2.05, 4.69) is 22.1 Å². The van der Waals surface area contributed by atoms with Crippen LogP contribution in [0, 0.1) is 6.92 Å². The van der Waals surface area contributed by atoms with Crippen LogP contribution in [0.2, 0.25) is 0 Å². The molecule has 2 N–H and O–H groups in total. The first-order valence-corrected chi connectivity index (χ1v) is 8.18. The highest BCUT2D eigenvalue weighted by atomic mass is 16.3. The molecule has 1 aromatic rings. The fourth-order valence-corrected chi connectivity index (χ4v) is 2.97. The van der Waals surface area contributed by atoms with Gasteiger partial charge in [0.2, 0.25) is 0 Å². The van der Waals surface area contributed by atoms with Gasteiger partial charge in [0.1, 0.15) is 17.5 Å². The number of aliphatic hydroxyl groups is 1. The van der Waals surface area contributed by atoms with E-state index in [1.54, 1.807) is 0 Å². The van der Waals surface area contributed by atoms with Crippen molar-refractivity contribution in [3.05, 3.63) is 11.4 Å². The molecule has 0 amide bonds. The molecule has 2 aliphatic rings. The topological polar surface area (TPSA) is 61.3 Å². The van der Waals surface area contributed by atoms with Crippen molar-refractivity contribution in [3.8, 4) is 0 Å². The minimum absolute atomic E-state index is 0.238. The van der Waals surface area contributed by atoms with Gasteiger partial charge in [-0.05, 0) is 45.4 Å². The number of nitrogens with zero attached hydrogens (tertiary/aromatic N) is 3. The van der Waals surface area contributed by atoms with E-state index in [1.165, 1.54) is 32.1 Å². The van der Waals surface area contributed by atoms with E-state index in [-0.39, 0.29) is 6.61 Å². The normalized spacial score (nSPS) is 18.4. The summed E-state index contributed by atoms with van der Waals surface area (Å²) in [4.78, 5) is 12.0. The maximum Gasteiger partial charge on any atom is 0.137 e. The van der Waals surface area contributed by atoms with Gasteiger partial charge in [-0.25, -0.2) is 9.97 Å². The zero-order chi connectivity index (χ0) is 14.8. The Balaban J connectivity index is 1.93. The average molecular weight is 290 g/mol. The van der Waals surface area contributed by atoms with Gasteiger partial charge in [-0.15, -0.1) is 0 Å². The summed E-state index contributed by atoms with van der Waals surface area (Å²) in [6.07, 6.45) is 7.01. The molecule has 1 aromatic heterocycles. The first-order chi connectivity index (χ1) is 10.2. The summed E-state index contributed by atoms with van der Waals surface area (Å²) in [6.45, 7) is 3.22. The molecule has 0 aromatic carbocycles. The van der Waals surface area contributed by atoms with Crippen molar-refractivity contribution >= 4 is 11.6 Å². The number of nitrogens with one attached hydrogen (secondary N) is 1. The molecule has 0 atom stereocenters. The zero-order valence-electron chi connectivity index (χ0n) is 13.1. The van der Waals surface area contributed by atoms with Crippen molar-refractivity contribution in [1.29, 1.82) is 0 Å². The van der Waals surface area contributed by atoms with E-state index >= 15 is 0 Å². The fraction of sp³-hybridized carbons (Fsp3) is 0.750. The van der Waals surface area contributed by atoms with E-state index in [9.17, 15) is 5.11 Å². The Kier molecular flexibility index (Phi) is 4.29. The van der Waals surface area contributed by atoms with Crippen LogP contribution in [0.3, 0.4) is 0 Å². The third kappa shape index (κ3) is 2.98. The van der Waals surface area contributed by atoms with Crippen LogP contribution >= 0.6 is 0 Å². The van der Waals surface area contributed by atoms with E-state index in [4.69, 9.17) is 4.98 Å². The van der Waals surface area contributed by atoms with Crippen LogP contribution in [0.1, 0.15) is 55.8 Å². The Hall–Kier alpha value is -1.36. The summed E-state index contributed by atoms with van der Waals surface area (Å²) in [5.74, 6) is 3.58. The highest BCUT2D eigenvalue weighted by Gasteiger charge is 2.31. The summed E-state index contributed by atoms with van der Waals surface area (Å²) >= 11 is 0. The summed E-state index contributed by atoms with van der Waals surface area (Å²) in [5.41, 5.74) is 1.13. The minimum atomic E-state index is 0.238. The van der Waals surface area contributed by atoms with Gasteiger partial charge >= 0.3 is 0 Å². The number of anilines is 2. The molecule has 21 heavy (non-hydrogen) atoms. The molecule has 0 bridgehead atoms. The highest BCUT2D eigenvalue weighted by molar-refractivity contribution is 5.59. The second kappa shape index (κ2) is 6.18. The fourth-order valence-electron chi connectivity index (χ4n) is 2.97. The molecule has 1 heterocycles. The summed E-state index contributed by atoms with van der Waals surface area (Å²) < 4.78 is 0. The lowest BCUT2D eigenvalue weighted by Crippen LogP contribution is -2.42. The van der Waals surface area contributed by atoms with Gasteiger partial charge < -0.3 is 15.3 Å². The van der Waals surface area contributed by atoms with Crippen LogP contribution in [0.15, 0.2) is 0 Å². The summed E-state index contributed by atoms with van der Waals surface area (Å²) in [5, 5.41) is 12.4. The van der Waals surface area contributed by atoms with Crippen LogP contribution < -0.4 is 10.2 Å². The second-order valence-electron chi connectivity index (χ2n) is 6.26. The molecular formula is C16H26N4O. The smallest absolute Gasteiger partial charge is 0.137 e. The monoisotopic (exact) mass is 290 g/mol. The third-order valence-corrected chi connectivity index (χ3v) is 4.66. The van der Waals surface area contributed by atoms with Gasteiger partial charge in [-0.2, -0.15) is 0 Å². The Bertz CT molecular complexity index is 497. The maximum atomic E-state index is 9.19. The molecule has 5 heteroatoms.